The number of hydrogen-bond acceptors (Lipinski definition) is 6. The minimum Gasteiger partial charge on any atom is -0.412 e. The molecule has 0 fully saturated rings. The molecule has 0 aromatic heterocycles. The quantitative estimate of drug-likeness (QED) is 0.0389. The van der Waals surface area contributed by atoms with Crippen LogP contribution in [0.25, 0.3) is 0 Å². The van der Waals surface area contributed by atoms with Crippen LogP contribution in [0.4, 0.5) is 0 Å². The van der Waals surface area contributed by atoms with Crippen molar-refractivity contribution >= 4 is 0 Å². The van der Waals surface area contributed by atoms with Crippen molar-refractivity contribution in [3.8, 4) is 0 Å². The molecule has 304 valence electrons. The van der Waals surface area contributed by atoms with Crippen LogP contribution in [0, 0.1) is 0 Å². The molecule has 0 unspecified atom stereocenters. The van der Waals surface area contributed by atoms with E-state index in [1.165, 1.54) is 141 Å². The summed E-state index contributed by atoms with van der Waals surface area (Å²) in [5.74, 6) is 0. The zero-order chi connectivity index (χ0) is 36.7. The summed E-state index contributed by atoms with van der Waals surface area (Å²) in [4.78, 5) is 0. The molecule has 0 heterocycles. The molecule has 0 aliphatic carbocycles. The summed E-state index contributed by atoms with van der Waals surface area (Å²) in [6, 6.07) is 0. The molecule has 7 heteroatoms. The predicted molar refractivity (Wildman–Crippen MR) is 220 cm³/mol. The van der Waals surface area contributed by atoms with Crippen molar-refractivity contribution in [3.05, 3.63) is 0 Å². The molecule has 0 aromatic rings. The number of nitrogens with one attached hydrogen (secondary N) is 1. The summed E-state index contributed by atoms with van der Waals surface area (Å²) in [6.45, 7) is 19.0. The molecule has 0 aliphatic heterocycles. The van der Waals surface area contributed by atoms with Gasteiger partial charge in [-0.15, -0.1) is 0 Å². The number of nitrogens with two attached hydrogens (primary N) is 1. The van der Waals surface area contributed by atoms with Gasteiger partial charge in [0.15, 0.2) is 0 Å². The molecule has 0 rings (SSSR count). The highest BCUT2D eigenvalue weighted by Gasteiger charge is 1.89. The Morgan fingerprint density at radius 3 is 0.938 bits per heavy atom. The van der Waals surface area contributed by atoms with Gasteiger partial charge in [-0.2, -0.15) is 0 Å². The first-order chi connectivity index (χ1) is 23.0. The minimum absolute atomic E-state index is 0. The van der Waals surface area contributed by atoms with Gasteiger partial charge in [-0.3, -0.25) is 0 Å². The van der Waals surface area contributed by atoms with Gasteiger partial charge in [-0.05, 0) is 38.6 Å². The summed E-state index contributed by atoms with van der Waals surface area (Å²) in [6.07, 6.45) is 34.4. The van der Waals surface area contributed by atoms with Crippen LogP contribution in [-0.2, 0) is 4.74 Å². The average Bonchev–Trinajstić information content (AvgIpc) is 3.08. The van der Waals surface area contributed by atoms with Crippen LogP contribution in [0.2, 0.25) is 0 Å². The first kappa shape index (κ1) is 62.8. The van der Waals surface area contributed by atoms with Crippen molar-refractivity contribution in [2.24, 2.45) is 5.73 Å². The fourth-order valence-electron chi connectivity index (χ4n) is 4.13. The summed E-state index contributed by atoms with van der Waals surface area (Å²) < 4.78 is 4.95. The lowest BCUT2D eigenvalue weighted by Gasteiger charge is -1.99. The van der Waals surface area contributed by atoms with Crippen LogP contribution in [0.5, 0.6) is 0 Å². The van der Waals surface area contributed by atoms with Gasteiger partial charge in [0.05, 0.1) is 0 Å². The van der Waals surface area contributed by atoms with E-state index in [-0.39, 0.29) is 6.90 Å². The van der Waals surface area contributed by atoms with E-state index in [1.54, 1.807) is 7.11 Å². The second-order valence-corrected chi connectivity index (χ2v) is 12.5. The highest BCUT2D eigenvalue weighted by atomic mass is 16.5. The highest BCUT2D eigenvalue weighted by molar-refractivity contribution is 4.46. The van der Waals surface area contributed by atoms with Gasteiger partial charge < -0.3 is 36.6 Å². The molecular weight excluding hydrogens is 600 g/mol. The summed E-state index contributed by atoms with van der Waals surface area (Å²) in [5, 5.41) is 28.2. The standard InChI is InChI=1S/C9H20O.C8H18.C7H18N2O.2C7H16O.C3H8.H2O.H2/c1-3-4-5-6-7-8-9-10-2;1-3-5-7-8-6-4-2;8-7-9-5-3-1-2-4-6-10;2*1-2-3-4-5-6-7-8;1-3-2;;/h3-9H2,1-2H3;3-8H2,1-2H3;9-10H,1-8H2;2*8H,2-7H2,1H3;3H2,1-2H3;1H2;1H. The summed E-state index contributed by atoms with van der Waals surface area (Å²) in [7, 11) is 1.77. The number of methoxy groups -OCH3 is 1. The lowest BCUT2D eigenvalue weighted by atomic mass is 10.1. The van der Waals surface area contributed by atoms with Gasteiger partial charge >= 0.3 is 0 Å². The first-order valence-corrected chi connectivity index (χ1v) is 20.7. The first-order valence-electron chi connectivity index (χ1n) is 20.7. The van der Waals surface area contributed by atoms with Crippen molar-refractivity contribution in [1.29, 1.82) is 0 Å². The summed E-state index contributed by atoms with van der Waals surface area (Å²) >= 11 is 0. The van der Waals surface area contributed by atoms with Crippen molar-refractivity contribution in [2.45, 2.75) is 222 Å². The number of unbranched alkanes of at least 4 members (excludes halogenated alkanes) is 21. The third-order valence-electron chi connectivity index (χ3n) is 7.09. The van der Waals surface area contributed by atoms with E-state index < -0.39 is 0 Å². The Balaban J connectivity index is -0.0000000695. The SMILES string of the molecule is CCC.CCCCCCCC.CCCCCCCCOC.CCCCCCCO.CCCCCCCO.NCNCCCCCCO.O.[HH]. The number of rotatable bonds is 29. The number of hydrogen-bond donors (Lipinski definition) is 5. The zero-order valence-corrected chi connectivity index (χ0v) is 34.7. The van der Waals surface area contributed by atoms with Gasteiger partial charge in [0.2, 0.25) is 0 Å². The highest BCUT2D eigenvalue weighted by Crippen LogP contribution is 2.05. The third-order valence-corrected chi connectivity index (χ3v) is 7.09. The maximum absolute atomic E-state index is 8.43. The molecule has 0 radical (unpaired) electrons. The zero-order valence-electron chi connectivity index (χ0n) is 34.7. The largest absolute Gasteiger partial charge is 0.412 e. The van der Waals surface area contributed by atoms with Crippen molar-refractivity contribution in [2.75, 3.05) is 46.8 Å². The van der Waals surface area contributed by atoms with Crippen LogP contribution in [-0.4, -0.2) is 67.5 Å². The van der Waals surface area contributed by atoms with Crippen molar-refractivity contribution in [1.82, 2.24) is 5.32 Å². The second kappa shape index (κ2) is 81.0. The monoisotopic (exact) mass is 701 g/mol. The smallest absolute Gasteiger partial charge is 0.0462 e. The molecule has 0 saturated heterocycles. The van der Waals surface area contributed by atoms with Gasteiger partial charge in [0.25, 0.3) is 0 Å². The fraction of sp³-hybridized carbons (Fsp3) is 1.00. The molecule has 0 aliphatic rings. The Hall–Kier alpha value is -0.280. The molecule has 7 nitrogen and oxygen atoms in total. The Morgan fingerprint density at radius 2 is 0.688 bits per heavy atom. The van der Waals surface area contributed by atoms with E-state index in [2.05, 4.69) is 53.8 Å². The number of aliphatic hydroxyl groups is 3. The molecule has 0 aromatic carbocycles. The molecular formula is C41H100N2O5. The Kier molecular flexibility index (Phi) is 106. The van der Waals surface area contributed by atoms with E-state index in [1.807, 2.05) is 0 Å². The molecule has 0 amide bonds. The number of aliphatic hydroxyl groups excluding tert-OH is 3. The third kappa shape index (κ3) is 111. The van der Waals surface area contributed by atoms with Gasteiger partial charge in [0.1, 0.15) is 0 Å². The van der Waals surface area contributed by atoms with Crippen molar-refractivity contribution in [3.63, 3.8) is 0 Å². The normalized spacial score (nSPS) is 9.50. The van der Waals surface area contributed by atoms with E-state index in [4.69, 9.17) is 25.8 Å². The summed E-state index contributed by atoms with van der Waals surface area (Å²) in [5.41, 5.74) is 5.22. The topological polar surface area (TPSA) is 139 Å². The molecule has 48 heavy (non-hydrogen) atoms. The van der Waals surface area contributed by atoms with Crippen LogP contribution >= 0.6 is 0 Å². The molecule has 8 N–H and O–H groups in total. The second-order valence-electron chi connectivity index (χ2n) is 12.5. The van der Waals surface area contributed by atoms with Crippen LogP contribution in [0.3, 0.4) is 0 Å². The lowest BCUT2D eigenvalue weighted by Crippen LogP contribution is -2.23. The van der Waals surface area contributed by atoms with Gasteiger partial charge in [0, 0.05) is 41.6 Å². The Morgan fingerprint density at radius 1 is 0.438 bits per heavy atom. The van der Waals surface area contributed by atoms with E-state index >= 15 is 0 Å². The maximum atomic E-state index is 8.43. The van der Waals surface area contributed by atoms with Crippen LogP contribution in [0.15, 0.2) is 0 Å². The fourth-order valence-corrected chi connectivity index (χ4v) is 4.13. The number of ether oxygens (including phenoxy) is 1. The van der Waals surface area contributed by atoms with Crippen LogP contribution < -0.4 is 11.1 Å². The Bertz CT molecular complexity index is 322. The molecule has 0 saturated carbocycles. The molecule has 0 spiro atoms. The van der Waals surface area contributed by atoms with E-state index in [0.29, 0.717) is 26.5 Å². The average molecular weight is 701 g/mol. The lowest BCUT2D eigenvalue weighted by molar-refractivity contribution is 0.192. The van der Waals surface area contributed by atoms with Crippen LogP contribution in [0.1, 0.15) is 223 Å². The van der Waals surface area contributed by atoms with Gasteiger partial charge in [-0.1, -0.05) is 190 Å². The van der Waals surface area contributed by atoms with E-state index in [9.17, 15) is 0 Å². The minimum atomic E-state index is 0. The maximum Gasteiger partial charge on any atom is 0.0462 e. The van der Waals surface area contributed by atoms with Crippen molar-refractivity contribution < 1.29 is 27.0 Å². The van der Waals surface area contributed by atoms with E-state index in [0.717, 1.165) is 45.3 Å². The molecule has 0 bridgehead atoms. The Labute approximate surface area is 306 Å². The molecule has 0 atom stereocenters. The predicted octanol–water partition coefficient (Wildman–Crippen LogP) is 11.1. The van der Waals surface area contributed by atoms with Gasteiger partial charge in [-0.25, -0.2) is 0 Å².